The van der Waals surface area contributed by atoms with E-state index in [-0.39, 0.29) is 17.5 Å². The van der Waals surface area contributed by atoms with E-state index in [1.807, 2.05) is 39.0 Å². The van der Waals surface area contributed by atoms with Crippen LogP contribution in [0.2, 0.25) is 0 Å². The fourth-order valence-electron chi connectivity index (χ4n) is 3.49. The third-order valence-electron chi connectivity index (χ3n) is 4.97. The molecule has 136 valence electrons. The minimum atomic E-state index is -0.567. The van der Waals surface area contributed by atoms with Gasteiger partial charge in [0.2, 0.25) is 0 Å². The number of carbonyl (C=O) groups is 1. The molecule has 0 radical (unpaired) electrons. The molecule has 0 saturated heterocycles. The predicted molar refractivity (Wildman–Crippen MR) is 96.8 cm³/mol. The number of H-pyrrole nitrogens is 1. The van der Waals surface area contributed by atoms with E-state index in [1.54, 1.807) is 0 Å². The second-order valence-corrected chi connectivity index (χ2v) is 8.12. The van der Waals surface area contributed by atoms with Crippen molar-refractivity contribution in [1.82, 2.24) is 14.9 Å². The highest BCUT2D eigenvalue weighted by atomic mass is 16.6. The molecule has 1 aromatic heterocycles. The van der Waals surface area contributed by atoms with Crippen LogP contribution >= 0.6 is 0 Å². The molecule has 0 unspecified atom stereocenters. The van der Waals surface area contributed by atoms with Crippen LogP contribution in [0.3, 0.4) is 0 Å². The van der Waals surface area contributed by atoms with Crippen LogP contribution < -0.4 is 5.56 Å². The Morgan fingerprint density at radius 3 is 2.50 bits per heavy atom. The van der Waals surface area contributed by atoms with Crippen LogP contribution in [0.1, 0.15) is 56.3 Å². The first-order chi connectivity index (χ1) is 12.3. The van der Waals surface area contributed by atoms with E-state index < -0.39 is 11.7 Å². The van der Waals surface area contributed by atoms with Crippen molar-refractivity contribution in [3.05, 3.63) is 63.3 Å². The van der Waals surface area contributed by atoms with Gasteiger partial charge in [0.05, 0.1) is 29.8 Å². The molecular formula is C20H23N3O3. The van der Waals surface area contributed by atoms with Gasteiger partial charge in [-0.1, -0.05) is 30.3 Å². The molecule has 6 heteroatoms. The van der Waals surface area contributed by atoms with Gasteiger partial charge in [0, 0.05) is 0 Å². The molecule has 0 atom stereocenters. The number of aromatic amines is 1. The fraction of sp³-hybridized carbons (Fsp3) is 0.450. The summed E-state index contributed by atoms with van der Waals surface area (Å²) in [5.74, 6) is 0.707. The zero-order valence-electron chi connectivity index (χ0n) is 15.3. The molecule has 1 saturated carbocycles. The van der Waals surface area contributed by atoms with Crippen molar-refractivity contribution in [3.8, 4) is 0 Å². The summed E-state index contributed by atoms with van der Waals surface area (Å²) in [4.78, 5) is 34.2. The Bertz CT molecular complexity index is 908. The normalized spacial score (nSPS) is 17.7. The Kier molecular flexibility index (Phi) is 3.68. The average Bonchev–Trinajstić information content (AvgIpc) is 3.27. The van der Waals surface area contributed by atoms with Crippen molar-refractivity contribution in [2.75, 3.05) is 0 Å². The Balaban J connectivity index is 1.63. The number of benzene rings is 1. The number of hydrogen-bond acceptors (Lipinski definition) is 4. The second-order valence-electron chi connectivity index (χ2n) is 8.12. The number of rotatable bonds is 2. The van der Waals surface area contributed by atoms with Crippen molar-refractivity contribution in [2.24, 2.45) is 0 Å². The molecule has 2 heterocycles. The van der Waals surface area contributed by atoms with Gasteiger partial charge in [-0.2, -0.15) is 0 Å². The van der Waals surface area contributed by atoms with Gasteiger partial charge in [-0.05, 0) is 39.2 Å². The lowest BCUT2D eigenvalue weighted by Gasteiger charge is -2.23. The maximum atomic E-state index is 12.6. The number of nitrogens with one attached hydrogen (secondary N) is 1. The molecule has 4 rings (SSSR count). The van der Waals surface area contributed by atoms with Gasteiger partial charge in [-0.3, -0.25) is 9.69 Å². The molecular weight excluding hydrogens is 330 g/mol. The van der Waals surface area contributed by atoms with Gasteiger partial charge in [-0.15, -0.1) is 0 Å². The summed E-state index contributed by atoms with van der Waals surface area (Å²) in [5, 5.41) is 0. The Morgan fingerprint density at radius 1 is 1.19 bits per heavy atom. The van der Waals surface area contributed by atoms with E-state index in [0.717, 1.165) is 12.8 Å². The van der Waals surface area contributed by atoms with Crippen LogP contribution in [0, 0.1) is 0 Å². The highest BCUT2D eigenvalue weighted by Gasteiger charge is 2.49. The van der Waals surface area contributed by atoms with Crippen molar-refractivity contribution in [1.29, 1.82) is 0 Å². The van der Waals surface area contributed by atoms with Crippen LogP contribution in [0.15, 0.2) is 35.1 Å². The molecule has 1 amide bonds. The zero-order valence-corrected chi connectivity index (χ0v) is 15.3. The molecule has 1 N–H and O–H groups in total. The number of aromatic nitrogens is 2. The maximum absolute atomic E-state index is 12.6. The van der Waals surface area contributed by atoms with E-state index in [1.165, 1.54) is 10.5 Å². The van der Waals surface area contributed by atoms with Gasteiger partial charge in [0.25, 0.3) is 5.56 Å². The average molecular weight is 353 g/mol. The topological polar surface area (TPSA) is 75.3 Å². The standard InChI is InChI=1S/C20H23N3O3/c1-19(2,3)26-18(25)23-11-14-15(12-23)21-17(22-16(14)24)20(9-10-20)13-7-5-4-6-8-13/h4-8H,9-12H2,1-3H3,(H,21,22,24). The van der Waals surface area contributed by atoms with Crippen LogP contribution in [0.4, 0.5) is 4.79 Å². The van der Waals surface area contributed by atoms with Gasteiger partial charge < -0.3 is 9.72 Å². The minimum absolute atomic E-state index is 0.154. The monoisotopic (exact) mass is 353 g/mol. The second kappa shape index (κ2) is 5.69. The summed E-state index contributed by atoms with van der Waals surface area (Å²) in [6, 6.07) is 10.1. The van der Waals surface area contributed by atoms with Crippen molar-refractivity contribution < 1.29 is 9.53 Å². The molecule has 1 aromatic carbocycles. The highest BCUT2D eigenvalue weighted by Crippen LogP contribution is 2.52. The Morgan fingerprint density at radius 2 is 1.88 bits per heavy atom. The van der Waals surface area contributed by atoms with Gasteiger partial charge in [-0.25, -0.2) is 9.78 Å². The van der Waals surface area contributed by atoms with Crippen LogP contribution in [-0.2, 0) is 23.2 Å². The van der Waals surface area contributed by atoms with Crippen molar-refractivity contribution in [3.63, 3.8) is 0 Å². The van der Waals surface area contributed by atoms with E-state index in [4.69, 9.17) is 9.72 Å². The zero-order chi connectivity index (χ0) is 18.5. The summed E-state index contributed by atoms with van der Waals surface area (Å²) in [6.07, 6.45) is 1.52. The summed E-state index contributed by atoms with van der Waals surface area (Å²) in [7, 11) is 0. The SMILES string of the molecule is CC(C)(C)OC(=O)N1Cc2nc(C3(c4ccccc4)CC3)[nH]c(=O)c2C1. The first-order valence-electron chi connectivity index (χ1n) is 8.94. The first-order valence-corrected chi connectivity index (χ1v) is 8.94. The summed E-state index contributed by atoms with van der Waals surface area (Å²) < 4.78 is 5.42. The third kappa shape index (κ3) is 2.89. The molecule has 0 bridgehead atoms. The molecule has 2 aliphatic rings. The largest absolute Gasteiger partial charge is 0.444 e. The third-order valence-corrected chi connectivity index (χ3v) is 4.97. The van der Waals surface area contributed by atoms with Crippen molar-refractivity contribution in [2.45, 2.75) is 57.7 Å². The number of hydrogen-bond donors (Lipinski definition) is 1. The minimum Gasteiger partial charge on any atom is -0.444 e. The lowest BCUT2D eigenvalue weighted by molar-refractivity contribution is 0.0240. The lowest BCUT2D eigenvalue weighted by Crippen LogP contribution is -2.33. The number of carbonyl (C=O) groups excluding carboxylic acids is 1. The van der Waals surface area contributed by atoms with Crippen LogP contribution in [0.5, 0.6) is 0 Å². The van der Waals surface area contributed by atoms with Gasteiger partial charge >= 0.3 is 6.09 Å². The number of fused-ring (bicyclic) bond motifs is 1. The number of amides is 1. The summed E-state index contributed by atoms with van der Waals surface area (Å²) >= 11 is 0. The first kappa shape index (κ1) is 16.8. The van der Waals surface area contributed by atoms with E-state index in [9.17, 15) is 9.59 Å². The molecule has 1 aliphatic carbocycles. The summed E-state index contributed by atoms with van der Waals surface area (Å²) in [5.41, 5.74) is 1.49. The summed E-state index contributed by atoms with van der Waals surface area (Å²) in [6.45, 7) is 6.03. The number of nitrogens with zero attached hydrogens (tertiary/aromatic N) is 2. The lowest BCUT2D eigenvalue weighted by atomic mass is 9.95. The molecule has 1 aliphatic heterocycles. The number of ether oxygens (including phenoxy) is 1. The predicted octanol–water partition coefficient (Wildman–Crippen LogP) is 3.10. The highest BCUT2D eigenvalue weighted by molar-refractivity contribution is 5.69. The maximum Gasteiger partial charge on any atom is 0.410 e. The quantitative estimate of drug-likeness (QED) is 0.900. The molecule has 1 fully saturated rings. The van der Waals surface area contributed by atoms with E-state index >= 15 is 0 Å². The van der Waals surface area contributed by atoms with Crippen molar-refractivity contribution >= 4 is 6.09 Å². The smallest absolute Gasteiger partial charge is 0.410 e. The molecule has 0 spiro atoms. The Labute approximate surface area is 152 Å². The molecule has 2 aromatic rings. The van der Waals surface area contributed by atoms with Crippen LogP contribution in [0.25, 0.3) is 0 Å². The van der Waals surface area contributed by atoms with E-state index in [0.29, 0.717) is 23.6 Å². The van der Waals surface area contributed by atoms with Gasteiger partial charge in [0.1, 0.15) is 11.4 Å². The van der Waals surface area contributed by atoms with Gasteiger partial charge in [0.15, 0.2) is 0 Å². The van der Waals surface area contributed by atoms with Crippen LogP contribution in [-0.4, -0.2) is 26.6 Å². The fourth-order valence-corrected chi connectivity index (χ4v) is 3.49. The Hall–Kier alpha value is -2.63. The molecule has 6 nitrogen and oxygen atoms in total. The van der Waals surface area contributed by atoms with E-state index in [2.05, 4.69) is 17.1 Å². The molecule has 26 heavy (non-hydrogen) atoms.